The average molecular weight is 921 g/mol. The van der Waals surface area contributed by atoms with E-state index < -0.39 is 0 Å². The summed E-state index contributed by atoms with van der Waals surface area (Å²) in [5, 5.41) is 19.8. The van der Waals surface area contributed by atoms with Crippen LogP contribution in [-0.4, -0.2) is 24.1 Å². The van der Waals surface area contributed by atoms with Crippen LogP contribution in [0, 0.1) is 11.3 Å². The van der Waals surface area contributed by atoms with Crippen molar-refractivity contribution in [2.45, 2.75) is 0 Å². The minimum atomic E-state index is 0.396. The first-order valence-electron chi connectivity index (χ1n) is 23.9. The number of para-hydroxylation sites is 5. The van der Waals surface area contributed by atoms with Gasteiger partial charge >= 0.3 is 0 Å². The molecule has 0 radical (unpaired) electrons. The molecule has 0 saturated carbocycles. The Kier molecular flexibility index (Phi) is 8.55. The van der Waals surface area contributed by atoms with Crippen molar-refractivity contribution in [1.82, 2.24) is 24.1 Å². The second kappa shape index (κ2) is 15.5. The number of rotatable bonds is 6. The van der Waals surface area contributed by atoms with E-state index in [1.807, 2.05) is 97.1 Å². The number of fused-ring (bicyclic) bond motifs is 13. The Morgan fingerprint density at radius 3 is 1.62 bits per heavy atom. The van der Waals surface area contributed by atoms with E-state index >= 15 is 0 Å². The third-order valence-electron chi connectivity index (χ3n) is 14.2. The first-order chi connectivity index (χ1) is 35.7. The maximum absolute atomic E-state index is 11.7. The number of hydrogen-bond donors (Lipinski definition) is 0. The molecule has 8 nitrogen and oxygen atoms in total. The molecule has 0 unspecified atom stereocenters. The van der Waals surface area contributed by atoms with E-state index in [2.05, 4.69) is 137 Å². The molecular formula is C64H36N6O2. The van der Waals surface area contributed by atoms with Crippen molar-refractivity contribution < 1.29 is 8.83 Å². The van der Waals surface area contributed by atoms with Crippen LogP contribution in [-0.2, 0) is 0 Å². The third kappa shape index (κ3) is 5.82. The minimum absolute atomic E-state index is 0.396. The molecule has 0 spiro atoms. The minimum Gasteiger partial charge on any atom is -0.456 e. The van der Waals surface area contributed by atoms with Crippen LogP contribution < -0.4 is 0 Å². The lowest BCUT2D eigenvalue weighted by atomic mass is 9.96. The Balaban J connectivity index is 1.12. The molecule has 0 aliphatic heterocycles. The van der Waals surface area contributed by atoms with Crippen LogP contribution in [0.4, 0.5) is 0 Å². The van der Waals surface area contributed by atoms with Gasteiger partial charge in [0.15, 0.2) is 23.1 Å². The molecular weight excluding hydrogens is 885 g/mol. The van der Waals surface area contributed by atoms with E-state index in [1.54, 1.807) is 0 Å². The molecule has 0 atom stereocenters. The fourth-order valence-electron chi connectivity index (χ4n) is 11.1. The molecule has 0 amide bonds. The smallest absolute Gasteiger partial charge is 0.164 e. The molecule has 0 aliphatic rings. The van der Waals surface area contributed by atoms with Gasteiger partial charge < -0.3 is 18.0 Å². The SMILES string of the molecule is N#Cc1cc(-c2nc(-c3ccccc3)nc(-c3ccccc3)n2)c2c(oc3ccccc32)c1-n1c2ccccc2c2c1c(-c1ccc3oc4ccccc4c3c1)cc1c3ccccc3n(-c3ccccc3)c12. The van der Waals surface area contributed by atoms with Gasteiger partial charge in [-0.15, -0.1) is 0 Å². The topological polar surface area (TPSA) is 98.6 Å². The lowest BCUT2D eigenvalue weighted by molar-refractivity contribution is 0.666. The Hall–Kier alpha value is -10.1. The highest BCUT2D eigenvalue weighted by atomic mass is 16.3. The number of hydrogen-bond acceptors (Lipinski definition) is 6. The number of aromatic nitrogens is 5. The highest BCUT2D eigenvalue weighted by molar-refractivity contribution is 6.30. The van der Waals surface area contributed by atoms with Crippen LogP contribution in [0.1, 0.15) is 5.56 Å². The monoisotopic (exact) mass is 920 g/mol. The molecule has 15 aromatic rings. The quantitative estimate of drug-likeness (QED) is 0.165. The molecule has 0 aliphatic carbocycles. The lowest BCUT2D eigenvalue weighted by Gasteiger charge is -2.16. The van der Waals surface area contributed by atoms with Gasteiger partial charge in [-0.05, 0) is 66.2 Å². The molecule has 5 aromatic heterocycles. The van der Waals surface area contributed by atoms with E-state index in [0.717, 1.165) is 104 Å². The lowest BCUT2D eigenvalue weighted by Crippen LogP contribution is -2.03. The van der Waals surface area contributed by atoms with Gasteiger partial charge in [0.2, 0.25) is 0 Å². The number of nitrogens with zero attached hydrogens (tertiary/aromatic N) is 6. The molecule has 10 aromatic carbocycles. The van der Waals surface area contributed by atoms with Crippen LogP contribution >= 0.6 is 0 Å². The zero-order chi connectivity index (χ0) is 47.4. The summed E-state index contributed by atoms with van der Waals surface area (Å²) in [4.78, 5) is 15.4. The van der Waals surface area contributed by atoms with E-state index in [1.165, 1.54) is 0 Å². The van der Waals surface area contributed by atoms with Crippen molar-refractivity contribution in [1.29, 1.82) is 5.26 Å². The molecule has 0 saturated heterocycles. The summed E-state index contributed by atoms with van der Waals surface area (Å²) in [6, 6.07) is 77.3. The summed E-state index contributed by atoms with van der Waals surface area (Å²) in [5.74, 6) is 1.48. The Bertz CT molecular complexity index is 4690. The van der Waals surface area contributed by atoms with E-state index in [0.29, 0.717) is 45.5 Å². The Morgan fingerprint density at radius 1 is 0.375 bits per heavy atom. The first kappa shape index (κ1) is 39.9. The van der Waals surface area contributed by atoms with Gasteiger partial charge in [-0.25, -0.2) is 15.0 Å². The average Bonchev–Trinajstić information content (AvgIpc) is 4.21. The van der Waals surface area contributed by atoms with E-state index in [9.17, 15) is 5.26 Å². The van der Waals surface area contributed by atoms with Crippen molar-refractivity contribution in [3.63, 3.8) is 0 Å². The highest BCUT2D eigenvalue weighted by Crippen LogP contribution is 2.50. The summed E-state index contributed by atoms with van der Waals surface area (Å²) in [5.41, 5.74) is 13.3. The summed E-state index contributed by atoms with van der Waals surface area (Å²) in [6.07, 6.45) is 0. The second-order valence-electron chi connectivity index (χ2n) is 18.2. The molecule has 0 bridgehead atoms. The fraction of sp³-hybridized carbons (Fsp3) is 0. The zero-order valence-corrected chi connectivity index (χ0v) is 38.3. The maximum atomic E-state index is 11.7. The molecule has 334 valence electrons. The van der Waals surface area contributed by atoms with Gasteiger partial charge in [-0.1, -0.05) is 158 Å². The largest absolute Gasteiger partial charge is 0.456 e. The number of furan rings is 2. The van der Waals surface area contributed by atoms with Crippen LogP contribution in [0.2, 0.25) is 0 Å². The van der Waals surface area contributed by atoms with E-state index in [-0.39, 0.29) is 0 Å². The Morgan fingerprint density at radius 2 is 0.931 bits per heavy atom. The maximum Gasteiger partial charge on any atom is 0.164 e. The standard InChI is InChI=1S/C64H36N6O2/c65-37-41-35-50(64-67-62(38-18-4-1-5-19-38)66-63(68-64)39-20-6-2-7-21-39)56-46-27-13-17-31-54(46)72-61(56)58(41)70-52-29-15-11-26-45(52)57-59(70)47(40-32-33-55-48(34-40)44-25-12-16-30-53(44)71-55)36-49-43-24-10-14-28-51(43)69(60(49)57)42-22-8-3-9-23-42/h1-36H. The number of nitriles is 1. The Labute approximate surface area is 410 Å². The zero-order valence-electron chi connectivity index (χ0n) is 38.3. The first-order valence-corrected chi connectivity index (χ1v) is 23.9. The second-order valence-corrected chi connectivity index (χ2v) is 18.2. The predicted molar refractivity (Wildman–Crippen MR) is 290 cm³/mol. The molecule has 15 rings (SSSR count). The predicted octanol–water partition coefficient (Wildman–Crippen LogP) is 16.4. The third-order valence-corrected chi connectivity index (χ3v) is 14.2. The van der Waals surface area contributed by atoms with Gasteiger partial charge in [-0.2, -0.15) is 5.26 Å². The van der Waals surface area contributed by atoms with Gasteiger partial charge in [0.25, 0.3) is 0 Å². The van der Waals surface area contributed by atoms with Crippen molar-refractivity contribution in [3.8, 4) is 62.7 Å². The van der Waals surface area contributed by atoms with Crippen molar-refractivity contribution in [3.05, 3.63) is 224 Å². The molecule has 8 heteroatoms. The molecule has 5 heterocycles. The van der Waals surface area contributed by atoms with Gasteiger partial charge in [0.1, 0.15) is 28.5 Å². The van der Waals surface area contributed by atoms with Gasteiger partial charge in [0.05, 0.1) is 27.6 Å². The highest BCUT2D eigenvalue weighted by Gasteiger charge is 2.30. The van der Waals surface area contributed by atoms with Crippen LogP contribution in [0.5, 0.6) is 0 Å². The normalized spacial score (nSPS) is 11.9. The summed E-state index contributed by atoms with van der Waals surface area (Å²) in [7, 11) is 0. The summed E-state index contributed by atoms with van der Waals surface area (Å²) < 4.78 is 18.2. The van der Waals surface area contributed by atoms with Gasteiger partial charge in [0, 0.05) is 71.0 Å². The van der Waals surface area contributed by atoms with Crippen molar-refractivity contribution in [2.24, 2.45) is 0 Å². The van der Waals surface area contributed by atoms with Crippen molar-refractivity contribution in [2.75, 3.05) is 0 Å². The fourth-order valence-corrected chi connectivity index (χ4v) is 11.1. The molecule has 0 fully saturated rings. The number of benzene rings is 10. The van der Waals surface area contributed by atoms with E-state index in [4.69, 9.17) is 23.8 Å². The van der Waals surface area contributed by atoms with Gasteiger partial charge in [-0.3, -0.25) is 0 Å². The van der Waals surface area contributed by atoms with Crippen LogP contribution in [0.15, 0.2) is 227 Å². The van der Waals surface area contributed by atoms with Crippen LogP contribution in [0.3, 0.4) is 0 Å². The summed E-state index contributed by atoms with van der Waals surface area (Å²) >= 11 is 0. The van der Waals surface area contributed by atoms with Crippen molar-refractivity contribution >= 4 is 87.5 Å². The molecule has 72 heavy (non-hydrogen) atoms. The summed E-state index contributed by atoms with van der Waals surface area (Å²) in [6.45, 7) is 0. The van der Waals surface area contributed by atoms with Crippen LogP contribution in [0.25, 0.3) is 144 Å². The molecule has 0 N–H and O–H groups in total.